The molecule has 6 nitrogen and oxygen atoms in total. The number of pyridine rings is 2. The van der Waals surface area contributed by atoms with Gasteiger partial charge in [-0.1, -0.05) is 6.07 Å². The molecule has 2 unspecified atom stereocenters. The molecular formula is C24H20N4O2. The Labute approximate surface area is 174 Å². The summed E-state index contributed by atoms with van der Waals surface area (Å²) in [6.07, 6.45) is 4.52. The third kappa shape index (κ3) is 3.09. The van der Waals surface area contributed by atoms with Gasteiger partial charge in [-0.2, -0.15) is 5.26 Å². The Balaban J connectivity index is 1.51. The summed E-state index contributed by atoms with van der Waals surface area (Å²) in [5.74, 6) is 0.327. The van der Waals surface area contributed by atoms with E-state index in [1.807, 2.05) is 33.9 Å². The maximum Gasteiger partial charge on any atom is 0.253 e. The van der Waals surface area contributed by atoms with Crippen molar-refractivity contribution in [3.05, 3.63) is 88.1 Å². The Hall–Kier alpha value is -3.72. The molecule has 2 bridgehead atoms. The van der Waals surface area contributed by atoms with E-state index in [1.165, 1.54) is 0 Å². The monoisotopic (exact) mass is 396 g/mol. The highest BCUT2D eigenvalue weighted by Crippen LogP contribution is 2.40. The zero-order valence-corrected chi connectivity index (χ0v) is 16.4. The molecule has 5 rings (SSSR count). The van der Waals surface area contributed by atoms with Crippen LogP contribution in [-0.2, 0) is 6.54 Å². The fourth-order valence-electron chi connectivity index (χ4n) is 4.82. The molecule has 148 valence electrons. The maximum atomic E-state index is 13.1. The Morgan fingerprint density at radius 2 is 1.90 bits per heavy atom. The lowest BCUT2D eigenvalue weighted by molar-refractivity contribution is 0.0595. The number of piperidine rings is 1. The van der Waals surface area contributed by atoms with Gasteiger partial charge in [-0.25, -0.2) is 0 Å². The summed E-state index contributed by atoms with van der Waals surface area (Å²) in [6.45, 7) is 1.83. The van der Waals surface area contributed by atoms with E-state index in [0.29, 0.717) is 30.8 Å². The van der Waals surface area contributed by atoms with Crippen molar-refractivity contribution in [2.24, 2.45) is 5.92 Å². The molecule has 1 fully saturated rings. The van der Waals surface area contributed by atoms with Crippen LogP contribution in [0.2, 0.25) is 0 Å². The molecule has 1 aromatic carbocycles. The van der Waals surface area contributed by atoms with Crippen molar-refractivity contribution in [1.82, 2.24) is 14.5 Å². The van der Waals surface area contributed by atoms with E-state index in [0.717, 1.165) is 23.2 Å². The van der Waals surface area contributed by atoms with Crippen molar-refractivity contribution in [3.8, 4) is 17.2 Å². The van der Waals surface area contributed by atoms with Crippen LogP contribution in [0.4, 0.5) is 0 Å². The van der Waals surface area contributed by atoms with Crippen molar-refractivity contribution < 1.29 is 4.79 Å². The molecule has 1 amide bonds. The van der Waals surface area contributed by atoms with E-state index in [1.54, 1.807) is 36.5 Å². The molecule has 6 heteroatoms. The molecule has 2 aliphatic heterocycles. The first-order chi connectivity index (χ1) is 14.6. The highest BCUT2D eigenvalue weighted by Gasteiger charge is 2.38. The minimum atomic E-state index is -0.0242. The van der Waals surface area contributed by atoms with Crippen LogP contribution in [-0.4, -0.2) is 33.4 Å². The van der Waals surface area contributed by atoms with E-state index in [9.17, 15) is 9.59 Å². The molecule has 3 aromatic rings. The number of carbonyl (C=O) groups is 1. The van der Waals surface area contributed by atoms with Crippen molar-refractivity contribution in [3.63, 3.8) is 0 Å². The fraction of sp³-hybridized carbons (Fsp3) is 0.250. The van der Waals surface area contributed by atoms with Gasteiger partial charge in [0.05, 0.1) is 11.6 Å². The molecule has 0 aliphatic carbocycles. The second kappa shape index (κ2) is 7.27. The van der Waals surface area contributed by atoms with E-state index in [2.05, 4.69) is 11.1 Å². The highest BCUT2D eigenvalue weighted by atomic mass is 16.2. The largest absolute Gasteiger partial charge is 0.338 e. The van der Waals surface area contributed by atoms with Gasteiger partial charge < -0.3 is 9.47 Å². The topological polar surface area (TPSA) is 79.0 Å². The first kappa shape index (κ1) is 18.3. The third-order valence-corrected chi connectivity index (χ3v) is 6.11. The Morgan fingerprint density at radius 1 is 1.07 bits per heavy atom. The third-order valence-electron chi connectivity index (χ3n) is 6.11. The zero-order valence-electron chi connectivity index (χ0n) is 16.4. The number of nitrogens with zero attached hydrogens (tertiary/aromatic N) is 4. The summed E-state index contributed by atoms with van der Waals surface area (Å²) < 4.78 is 1.89. The van der Waals surface area contributed by atoms with Gasteiger partial charge in [0, 0.05) is 66.4 Å². The molecule has 0 spiro atoms. The highest BCUT2D eigenvalue weighted by molar-refractivity contribution is 5.94. The average molecular weight is 396 g/mol. The van der Waals surface area contributed by atoms with E-state index in [4.69, 9.17) is 5.26 Å². The normalized spacial score (nSPS) is 19.6. The number of amides is 1. The maximum absolute atomic E-state index is 13.1. The SMILES string of the molecule is N#Cc1ccc(C(=O)N2CC3CC(C2)c2c(-c4cccnc4)ccc(=O)n2C3)cc1. The molecule has 0 N–H and O–H groups in total. The average Bonchev–Trinajstić information content (AvgIpc) is 2.80. The number of benzene rings is 1. The number of carbonyl (C=O) groups excluding carboxylic acids is 1. The number of nitriles is 1. The summed E-state index contributed by atoms with van der Waals surface area (Å²) in [5.41, 5.74) is 4.14. The minimum Gasteiger partial charge on any atom is -0.338 e. The van der Waals surface area contributed by atoms with Gasteiger partial charge in [0.15, 0.2) is 0 Å². The Bertz CT molecular complexity index is 1210. The molecule has 4 heterocycles. The summed E-state index contributed by atoms with van der Waals surface area (Å²) in [7, 11) is 0. The van der Waals surface area contributed by atoms with Gasteiger partial charge in [-0.05, 0) is 48.7 Å². The van der Waals surface area contributed by atoms with Gasteiger partial charge in [-0.3, -0.25) is 14.6 Å². The lowest BCUT2D eigenvalue weighted by Crippen LogP contribution is -2.49. The van der Waals surface area contributed by atoms with Crippen LogP contribution < -0.4 is 5.56 Å². The molecule has 2 aliphatic rings. The van der Waals surface area contributed by atoms with Crippen LogP contribution in [0.3, 0.4) is 0 Å². The number of likely N-dealkylation sites (tertiary alicyclic amines) is 1. The molecule has 0 saturated carbocycles. The summed E-state index contributed by atoms with van der Waals surface area (Å²) in [4.78, 5) is 31.9. The lowest BCUT2D eigenvalue weighted by Gasteiger charge is -2.43. The molecule has 30 heavy (non-hydrogen) atoms. The smallest absolute Gasteiger partial charge is 0.253 e. The van der Waals surface area contributed by atoms with Crippen LogP contribution in [0, 0.1) is 17.2 Å². The van der Waals surface area contributed by atoms with Crippen LogP contribution >= 0.6 is 0 Å². The predicted octanol–water partition coefficient (Wildman–Crippen LogP) is 3.04. The van der Waals surface area contributed by atoms with Crippen LogP contribution in [0.25, 0.3) is 11.1 Å². The molecule has 2 atom stereocenters. The Kier molecular flexibility index (Phi) is 4.44. The van der Waals surface area contributed by atoms with Crippen molar-refractivity contribution in [2.75, 3.05) is 13.1 Å². The van der Waals surface area contributed by atoms with Gasteiger partial charge in [-0.15, -0.1) is 0 Å². The van der Waals surface area contributed by atoms with Gasteiger partial charge in [0.25, 0.3) is 11.5 Å². The molecule has 2 aromatic heterocycles. The van der Waals surface area contributed by atoms with Crippen molar-refractivity contribution in [2.45, 2.75) is 18.9 Å². The number of rotatable bonds is 2. The molecular weight excluding hydrogens is 376 g/mol. The summed E-state index contributed by atoms with van der Waals surface area (Å²) in [6, 6.07) is 16.3. The fourth-order valence-corrected chi connectivity index (χ4v) is 4.82. The second-order valence-electron chi connectivity index (χ2n) is 8.02. The van der Waals surface area contributed by atoms with Crippen LogP contribution in [0.5, 0.6) is 0 Å². The van der Waals surface area contributed by atoms with E-state index < -0.39 is 0 Å². The van der Waals surface area contributed by atoms with Gasteiger partial charge >= 0.3 is 0 Å². The van der Waals surface area contributed by atoms with Gasteiger partial charge in [0.2, 0.25) is 0 Å². The first-order valence-corrected chi connectivity index (χ1v) is 10.1. The van der Waals surface area contributed by atoms with Crippen LogP contribution in [0.1, 0.15) is 34.0 Å². The second-order valence-corrected chi connectivity index (χ2v) is 8.02. The lowest BCUT2D eigenvalue weighted by atomic mass is 9.80. The van der Waals surface area contributed by atoms with E-state index in [-0.39, 0.29) is 23.3 Å². The Morgan fingerprint density at radius 3 is 2.63 bits per heavy atom. The predicted molar refractivity (Wildman–Crippen MR) is 112 cm³/mol. The van der Waals surface area contributed by atoms with Crippen molar-refractivity contribution in [1.29, 1.82) is 5.26 Å². The standard InChI is InChI=1S/C24H20N4O2/c25-11-16-3-5-18(6-4-16)24(30)27-13-17-10-20(15-27)23-21(19-2-1-9-26-12-19)7-8-22(29)28(23)14-17/h1-9,12,17,20H,10,13-15H2. The molecule has 1 saturated heterocycles. The minimum absolute atomic E-state index is 0.0132. The number of hydrogen-bond acceptors (Lipinski definition) is 4. The zero-order chi connectivity index (χ0) is 20.7. The summed E-state index contributed by atoms with van der Waals surface area (Å²) in [5, 5.41) is 8.98. The first-order valence-electron chi connectivity index (χ1n) is 10.1. The summed E-state index contributed by atoms with van der Waals surface area (Å²) >= 11 is 0. The quantitative estimate of drug-likeness (QED) is 0.667. The van der Waals surface area contributed by atoms with E-state index >= 15 is 0 Å². The number of hydrogen-bond donors (Lipinski definition) is 0. The molecule has 0 radical (unpaired) electrons. The van der Waals surface area contributed by atoms with Crippen LogP contribution in [0.15, 0.2) is 65.7 Å². The number of aromatic nitrogens is 2. The van der Waals surface area contributed by atoms with Gasteiger partial charge in [0.1, 0.15) is 0 Å². The van der Waals surface area contributed by atoms with Crippen molar-refractivity contribution >= 4 is 5.91 Å². The number of fused-ring (bicyclic) bond motifs is 4.